The van der Waals surface area contributed by atoms with Crippen LogP contribution in [0.5, 0.6) is 0 Å². The topological polar surface area (TPSA) is 27.7 Å². The molecule has 1 aliphatic heterocycles. The number of rotatable bonds is 6. The highest BCUT2D eigenvalue weighted by Gasteiger charge is 2.13. The highest BCUT2D eigenvalue weighted by molar-refractivity contribution is 6.17. The molecular weight excluding hydrogens is 192 g/mol. The minimum absolute atomic E-state index is 0.369. The van der Waals surface area contributed by atoms with E-state index in [-0.39, 0.29) is 0 Å². The van der Waals surface area contributed by atoms with Crippen molar-refractivity contribution < 1.29 is 14.2 Å². The van der Waals surface area contributed by atoms with Gasteiger partial charge >= 0.3 is 0 Å². The average molecular weight is 209 g/mol. The molecule has 1 saturated heterocycles. The Labute approximate surface area is 84.3 Å². The Morgan fingerprint density at radius 3 is 2.62 bits per heavy atom. The van der Waals surface area contributed by atoms with Crippen LogP contribution in [0.25, 0.3) is 0 Å². The van der Waals surface area contributed by atoms with Crippen LogP contribution in [0.1, 0.15) is 12.8 Å². The van der Waals surface area contributed by atoms with Gasteiger partial charge in [-0.1, -0.05) is 0 Å². The van der Waals surface area contributed by atoms with Gasteiger partial charge in [0, 0.05) is 19.1 Å². The highest BCUT2D eigenvalue weighted by Crippen LogP contribution is 2.09. The normalized spacial score (nSPS) is 19.2. The standard InChI is InChI=1S/C9H17ClO3/c10-3-6-12-7-8-13-9-1-4-11-5-2-9/h9H,1-8H2. The lowest BCUT2D eigenvalue weighted by molar-refractivity contribution is -0.0482. The van der Waals surface area contributed by atoms with Crippen LogP contribution in [0, 0.1) is 0 Å². The highest BCUT2D eigenvalue weighted by atomic mass is 35.5. The van der Waals surface area contributed by atoms with Crippen LogP contribution >= 0.6 is 11.6 Å². The van der Waals surface area contributed by atoms with E-state index in [2.05, 4.69) is 0 Å². The molecule has 1 heterocycles. The molecule has 0 unspecified atom stereocenters. The summed E-state index contributed by atoms with van der Waals surface area (Å²) < 4.78 is 16.0. The number of hydrogen-bond donors (Lipinski definition) is 0. The van der Waals surface area contributed by atoms with E-state index >= 15 is 0 Å². The predicted octanol–water partition coefficient (Wildman–Crippen LogP) is 1.44. The zero-order valence-electron chi connectivity index (χ0n) is 7.84. The van der Waals surface area contributed by atoms with Gasteiger partial charge in [0.2, 0.25) is 0 Å². The number of hydrogen-bond acceptors (Lipinski definition) is 3. The molecule has 13 heavy (non-hydrogen) atoms. The minimum atomic E-state index is 0.369. The first-order chi connectivity index (χ1) is 6.43. The van der Waals surface area contributed by atoms with Crippen molar-refractivity contribution in [3.63, 3.8) is 0 Å². The van der Waals surface area contributed by atoms with Crippen molar-refractivity contribution in [2.45, 2.75) is 18.9 Å². The van der Waals surface area contributed by atoms with Crippen molar-refractivity contribution in [3.05, 3.63) is 0 Å². The minimum Gasteiger partial charge on any atom is -0.381 e. The van der Waals surface area contributed by atoms with Crippen molar-refractivity contribution in [2.24, 2.45) is 0 Å². The quantitative estimate of drug-likeness (QED) is 0.488. The molecule has 0 bridgehead atoms. The SMILES string of the molecule is ClCCOCCOC1CCOCC1. The van der Waals surface area contributed by atoms with Gasteiger partial charge in [-0.05, 0) is 12.8 Å². The lowest BCUT2D eigenvalue weighted by atomic mass is 10.2. The summed E-state index contributed by atoms with van der Waals surface area (Å²) >= 11 is 5.45. The van der Waals surface area contributed by atoms with Crippen molar-refractivity contribution >= 4 is 11.6 Å². The maximum Gasteiger partial charge on any atom is 0.0704 e. The van der Waals surface area contributed by atoms with Gasteiger partial charge in [0.15, 0.2) is 0 Å². The van der Waals surface area contributed by atoms with E-state index in [1.807, 2.05) is 0 Å². The Balaban J connectivity index is 1.86. The molecule has 0 aliphatic carbocycles. The van der Waals surface area contributed by atoms with E-state index in [0.717, 1.165) is 26.1 Å². The number of halogens is 1. The van der Waals surface area contributed by atoms with E-state index in [9.17, 15) is 0 Å². The summed E-state index contributed by atoms with van der Waals surface area (Å²) in [6.45, 7) is 3.57. The molecule has 1 aliphatic rings. The van der Waals surface area contributed by atoms with Crippen LogP contribution in [0.2, 0.25) is 0 Å². The summed E-state index contributed by atoms with van der Waals surface area (Å²) in [4.78, 5) is 0. The number of ether oxygens (including phenoxy) is 3. The smallest absolute Gasteiger partial charge is 0.0704 e. The molecule has 0 aromatic carbocycles. The van der Waals surface area contributed by atoms with E-state index in [0.29, 0.717) is 31.8 Å². The molecule has 0 saturated carbocycles. The molecule has 0 radical (unpaired) electrons. The molecule has 0 aromatic rings. The first-order valence-electron chi connectivity index (χ1n) is 4.76. The van der Waals surface area contributed by atoms with Gasteiger partial charge in [0.1, 0.15) is 0 Å². The molecule has 78 valence electrons. The van der Waals surface area contributed by atoms with Gasteiger partial charge in [-0.2, -0.15) is 0 Å². The second-order valence-corrected chi connectivity index (χ2v) is 3.36. The molecule has 1 rings (SSSR count). The average Bonchev–Trinajstić information content (AvgIpc) is 2.19. The number of alkyl halides is 1. The maximum absolute atomic E-state index is 5.58. The first kappa shape index (κ1) is 11.2. The van der Waals surface area contributed by atoms with Gasteiger partial charge in [0.25, 0.3) is 0 Å². The summed E-state index contributed by atoms with van der Waals surface area (Å²) in [5, 5.41) is 0. The summed E-state index contributed by atoms with van der Waals surface area (Å²) in [6.07, 6.45) is 2.39. The van der Waals surface area contributed by atoms with Crippen molar-refractivity contribution in [1.29, 1.82) is 0 Å². The molecule has 0 spiro atoms. The molecule has 0 atom stereocenters. The van der Waals surface area contributed by atoms with Gasteiger partial charge < -0.3 is 14.2 Å². The first-order valence-corrected chi connectivity index (χ1v) is 5.30. The van der Waals surface area contributed by atoms with Crippen LogP contribution in [0.3, 0.4) is 0 Å². The van der Waals surface area contributed by atoms with Crippen LogP contribution in [-0.4, -0.2) is 45.0 Å². The summed E-state index contributed by atoms with van der Waals surface area (Å²) in [6, 6.07) is 0. The lowest BCUT2D eigenvalue weighted by Crippen LogP contribution is -2.24. The van der Waals surface area contributed by atoms with Crippen LogP contribution in [-0.2, 0) is 14.2 Å². The molecular formula is C9H17ClO3. The predicted molar refractivity (Wildman–Crippen MR) is 51.3 cm³/mol. The van der Waals surface area contributed by atoms with Gasteiger partial charge in [0.05, 0.1) is 25.9 Å². The Morgan fingerprint density at radius 2 is 1.92 bits per heavy atom. The maximum atomic E-state index is 5.58. The van der Waals surface area contributed by atoms with Crippen LogP contribution < -0.4 is 0 Å². The second kappa shape index (κ2) is 7.56. The fourth-order valence-electron chi connectivity index (χ4n) is 1.27. The summed E-state index contributed by atoms with van der Waals surface area (Å²) in [7, 11) is 0. The molecule has 4 heteroatoms. The molecule has 1 fully saturated rings. The lowest BCUT2D eigenvalue weighted by Gasteiger charge is -2.22. The second-order valence-electron chi connectivity index (χ2n) is 2.98. The van der Waals surface area contributed by atoms with Gasteiger partial charge in [-0.3, -0.25) is 0 Å². The third-order valence-electron chi connectivity index (χ3n) is 1.97. The van der Waals surface area contributed by atoms with Crippen molar-refractivity contribution in [3.8, 4) is 0 Å². The monoisotopic (exact) mass is 208 g/mol. The Kier molecular flexibility index (Phi) is 6.54. The Hall–Kier alpha value is 0.170. The van der Waals surface area contributed by atoms with Crippen LogP contribution in [0.15, 0.2) is 0 Å². The van der Waals surface area contributed by atoms with Gasteiger partial charge in [-0.15, -0.1) is 11.6 Å². The third kappa shape index (κ3) is 5.47. The summed E-state index contributed by atoms with van der Waals surface area (Å²) in [5.74, 6) is 0.553. The Morgan fingerprint density at radius 1 is 1.15 bits per heavy atom. The Bertz CT molecular complexity index is 115. The zero-order valence-corrected chi connectivity index (χ0v) is 8.59. The largest absolute Gasteiger partial charge is 0.381 e. The van der Waals surface area contributed by atoms with Crippen molar-refractivity contribution in [2.75, 3.05) is 38.9 Å². The third-order valence-corrected chi connectivity index (χ3v) is 2.13. The van der Waals surface area contributed by atoms with E-state index in [4.69, 9.17) is 25.8 Å². The van der Waals surface area contributed by atoms with E-state index in [1.165, 1.54) is 0 Å². The van der Waals surface area contributed by atoms with E-state index in [1.54, 1.807) is 0 Å². The van der Waals surface area contributed by atoms with Gasteiger partial charge in [-0.25, -0.2) is 0 Å². The molecule has 0 aromatic heterocycles. The zero-order chi connectivity index (χ0) is 9.36. The summed E-state index contributed by atoms with van der Waals surface area (Å²) in [5.41, 5.74) is 0. The van der Waals surface area contributed by atoms with E-state index < -0.39 is 0 Å². The van der Waals surface area contributed by atoms with Crippen molar-refractivity contribution in [1.82, 2.24) is 0 Å². The van der Waals surface area contributed by atoms with Crippen LogP contribution in [0.4, 0.5) is 0 Å². The molecule has 0 amide bonds. The fraction of sp³-hybridized carbons (Fsp3) is 1.00. The molecule has 3 nitrogen and oxygen atoms in total. The fourth-order valence-corrected chi connectivity index (χ4v) is 1.38. The molecule has 0 N–H and O–H groups in total.